The van der Waals surface area contributed by atoms with E-state index in [1.54, 1.807) is 11.9 Å². The predicted molar refractivity (Wildman–Crippen MR) is 67.1 cm³/mol. The lowest BCUT2D eigenvalue weighted by atomic mass is 10.2. The molecule has 1 aliphatic rings. The van der Waals surface area contributed by atoms with Crippen molar-refractivity contribution in [3.63, 3.8) is 0 Å². The van der Waals surface area contributed by atoms with E-state index in [9.17, 15) is 4.79 Å². The van der Waals surface area contributed by atoms with Crippen molar-refractivity contribution in [2.75, 3.05) is 20.3 Å². The molecule has 0 saturated heterocycles. The number of carbonyl (C=O) groups excluding carboxylic acids is 1. The van der Waals surface area contributed by atoms with E-state index in [1.807, 2.05) is 20.8 Å². The smallest absolute Gasteiger partial charge is 0.410 e. The van der Waals surface area contributed by atoms with Gasteiger partial charge in [0.05, 0.1) is 12.1 Å². The average Bonchev–Trinajstić information content (AvgIpc) is 2.96. The number of nitrogens with zero attached hydrogens (tertiary/aromatic N) is 1. The minimum Gasteiger partial charge on any atom is -0.444 e. The van der Waals surface area contributed by atoms with Crippen molar-refractivity contribution in [3.8, 4) is 0 Å². The molecule has 0 radical (unpaired) electrons. The van der Waals surface area contributed by atoms with Gasteiger partial charge in [-0.15, -0.1) is 0 Å². The Morgan fingerprint density at radius 2 is 1.94 bits per heavy atom. The molecule has 0 aromatic carbocycles. The molecular weight excluding hydrogens is 218 g/mol. The van der Waals surface area contributed by atoms with Gasteiger partial charge in [0.25, 0.3) is 0 Å². The second kappa shape index (κ2) is 5.25. The minimum absolute atomic E-state index is 0.114. The number of carbonyl (C=O) groups is 1. The molecule has 0 bridgehead atoms. The van der Waals surface area contributed by atoms with Gasteiger partial charge in [0.15, 0.2) is 0 Å². The zero-order valence-electron chi connectivity index (χ0n) is 11.7. The molecule has 0 heterocycles. The standard InChI is InChI=1S/C13H25NO3/c1-6-9-16-10-13(7-8-13)14(5)11(15)17-12(2,3)4/h6-10H2,1-5H3. The van der Waals surface area contributed by atoms with Crippen LogP contribution < -0.4 is 0 Å². The molecule has 0 atom stereocenters. The summed E-state index contributed by atoms with van der Waals surface area (Å²) in [4.78, 5) is 13.6. The van der Waals surface area contributed by atoms with Gasteiger partial charge < -0.3 is 14.4 Å². The van der Waals surface area contributed by atoms with Crippen molar-refractivity contribution in [2.45, 2.75) is 58.1 Å². The second-order valence-electron chi connectivity index (χ2n) is 5.82. The van der Waals surface area contributed by atoms with Crippen molar-refractivity contribution in [2.24, 2.45) is 0 Å². The minimum atomic E-state index is -0.439. The summed E-state index contributed by atoms with van der Waals surface area (Å²) in [6.45, 7) is 9.10. The first kappa shape index (κ1) is 14.3. The van der Waals surface area contributed by atoms with Crippen molar-refractivity contribution in [3.05, 3.63) is 0 Å². The highest BCUT2D eigenvalue weighted by molar-refractivity contribution is 5.69. The molecule has 0 spiro atoms. The SMILES string of the molecule is CCCOCC1(N(C)C(=O)OC(C)(C)C)CC1. The quantitative estimate of drug-likeness (QED) is 0.697. The molecule has 0 aliphatic heterocycles. The Bertz CT molecular complexity index is 266. The molecule has 1 fully saturated rings. The van der Waals surface area contributed by atoms with Crippen molar-refractivity contribution >= 4 is 6.09 Å². The van der Waals surface area contributed by atoms with E-state index in [1.165, 1.54) is 0 Å². The molecule has 100 valence electrons. The van der Waals surface area contributed by atoms with Gasteiger partial charge in [-0.3, -0.25) is 0 Å². The van der Waals surface area contributed by atoms with Crippen LogP contribution in [0.5, 0.6) is 0 Å². The first-order chi connectivity index (χ1) is 7.81. The number of hydrogen-bond donors (Lipinski definition) is 0. The van der Waals surface area contributed by atoms with E-state index < -0.39 is 5.60 Å². The molecule has 1 rings (SSSR count). The Labute approximate surface area is 104 Å². The largest absolute Gasteiger partial charge is 0.444 e. The van der Waals surface area contributed by atoms with Crippen LogP contribution in [0.2, 0.25) is 0 Å². The molecule has 4 nitrogen and oxygen atoms in total. The van der Waals surface area contributed by atoms with E-state index in [0.29, 0.717) is 6.61 Å². The lowest BCUT2D eigenvalue weighted by Crippen LogP contribution is -2.44. The average molecular weight is 243 g/mol. The fourth-order valence-electron chi connectivity index (χ4n) is 1.65. The van der Waals surface area contributed by atoms with Crippen LogP contribution in [-0.4, -0.2) is 42.4 Å². The molecule has 0 unspecified atom stereocenters. The van der Waals surface area contributed by atoms with Crippen LogP contribution in [0.1, 0.15) is 47.0 Å². The number of amides is 1. The summed E-state index contributed by atoms with van der Waals surface area (Å²) >= 11 is 0. The summed E-state index contributed by atoms with van der Waals surface area (Å²) in [5, 5.41) is 0. The van der Waals surface area contributed by atoms with Crippen molar-refractivity contribution < 1.29 is 14.3 Å². The lowest BCUT2D eigenvalue weighted by Gasteiger charge is -2.30. The highest BCUT2D eigenvalue weighted by atomic mass is 16.6. The van der Waals surface area contributed by atoms with Gasteiger partial charge in [0.1, 0.15) is 5.60 Å². The number of rotatable bonds is 5. The highest BCUT2D eigenvalue weighted by Gasteiger charge is 2.49. The predicted octanol–water partition coefficient (Wildman–Crippen LogP) is 2.81. The Morgan fingerprint density at radius 3 is 2.35 bits per heavy atom. The third-order valence-corrected chi connectivity index (χ3v) is 2.93. The van der Waals surface area contributed by atoms with Crippen LogP contribution in [0, 0.1) is 0 Å². The third kappa shape index (κ3) is 4.19. The molecule has 4 heteroatoms. The van der Waals surface area contributed by atoms with Gasteiger partial charge in [-0.1, -0.05) is 6.92 Å². The van der Waals surface area contributed by atoms with Crippen molar-refractivity contribution in [1.29, 1.82) is 0 Å². The van der Waals surface area contributed by atoms with Gasteiger partial charge in [-0.05, 0) is 40.0 Å². The maximum Gasteiger partial charge on any atom is 0.410 e. The zero-order chi connectivity index (χ0) is 13.1. The molecule has 0 aromatic rings. The molecular formula is C13H25NO3. The maximum atomic E-state index is 11.9. The topological polar surface area (TPSA) is 38.8 Å². The van der Waals surface area contributed by atoms with E-state index in [2.05, 4.69) is 6.92 Å². The molecule has 1 saturated carbocycles. The van der Waals surface area contributed by atoms with Crippen LogP contribution in [-0.2, 0) is 9.47 Å². The van der Waals surface area contributed by atoms with Crippen LogP contribution in [0.25, 0.3) is 0 Å². The van der Waals surface area contributed by atoms with Gasteiger partial charge in [0, 0.05) is 13.7 Å². The monoisotopic (exact) mass is 243 g/mol. The molecule has 0 N–H and O–H groups in total. The van der Waals surface area contributed by atoms with E-state index >= 15 is 0 Å². The Morgan fingerprint density at radius 1 is 1.35 bits per heavy atom. The van der Waals surface area contributed by atoms with Crippen LogP contribution in [0.4, 0.5) is 4.79 Å². The van der Waals surface area contributed by atoms with E-state index in [4.69, 9.17) is 9.47 Å². The first-order valence-corrected chi connectivity index (χ1v) is 6.35. The number of ether oxygens (including phenoxy) is 2. The summed E-state index contributed by atoms with van der Waals surface area (Å²) in [6.07, 6.45) is 2.76. The zero-order valence-corrected chi connectivity index (χ0v) is 11.7. The fourth-order valence-corrected chi connectivity index (χ4v) is 1.65. The van der Waals surface area contributed by atoms with Gasteiger partial charge >= 0.3 is 6.09 Å². The Kier molecular flexibility index (Phi) is 4.42. The normalized spacial score (nSPS) is 17.7. The van der Waals surface area contributed by atoms with Crippen molar-refractivity contribution in [1.82, 2.24) is 4.90 Å². The fraction of sp³-hybridized carbons (Fsp3) is 0.923. The van der Waals surface area contributed by atoms with Crippen LogP contribution in [0.15, 0.2) is 0 Å². The first-order valence-electron chi connectivity index (χ1n) is 6.35. The summed E-state index contributed by atoms with van der Waals surface area (Å²) in [6, 6.07) is 0. The highest BCUT2D eigenvalue weighted by Crippen LogP contribution is 2.41. The Balaban J connectivity index is 2.45. The summed E-state index contributed by atoms with van der Waals surface area (Å²) in [5.41, 5.74) is -0.552. The maximum absolute atomic E-state index is 11.9. The number of hydrogen-bond acceptors (Lipinski definition) is 3. The van der Waals surface area contributed by atoms with Crippen LogP contribution >= 0.6 is 0 Å². The summed E-state index contributed by atoms with van der Waals surface area (Å²) in [5.74, 6) is 0. The Hall–Kier alpha value is -0.770. The third-order valence-electron chi connectivity index (χ3n) is 2.93. The van der Waals surface area contributed by atoms with E-state index in [-0.39, 0.29) is 11.6 Å². The van der Waals surface area contributed by atoms with Gasteiger partial charge in [-0.25, -0.2) is 4.79 Å². The summed E-state index contributed by atoms with van der Waals surface area (Å²) < 4.78 is 10.9. The van der Waals surface area contributed by atoms with Gasteiger partial charge in [0.2, 0.25) is 0 Å². The number of likely N-dealkylation sites (N-methyl/N-ethyl adjacent to an activating group) is 1. The molecule has 17 heavy (non-hydrogen) atoms. The molecule has 1 amide bonds. The summed E-state index contributed by atoms with van der Waals surface area (Å²) in [7, 11) is 1.80. The molecule has 0 aromatic heterocycles. The molecule has 1 aliphatic carbocycles. The lowest BCUT2D eigenvalue weighted by molar-refractivity contribution is 0.00296. The van der Waals surface area contributed by atoms with Crippen LogP contribution in [0.3, 0.4) is 0 Å². The second-order valence-corrected chi connectivity index (χ2v) is 5.82. The van der Waals surface area contributed by atoms with E-state index in [0.717, 1.165) is 25.9 Å². The van der Waals surface area contributed by atoms with Gasteiger partial charge in [-0.2, -0.15) is 0 Å².